The van der Waals surface area contributed by atoms with Gasteiger partial charge in [-0.1, -0.05) is 18.2 Å². The summed E-state index contributed by atoms with van der Waals surface area (Å²) in [5.74, 6) is -0.624. The zero-order valence-corrected chi connectivity index (χ0v) is 8.60. The maximum absolute atomic E-state index is 10.8. The van der Waals surface area contributed by atoms with Gasteiger partial charge in [-0.2, -0.15) is 0 Å². The van der Waals surface area contributed by atoms with Gasteiger partial charge in [-0.25, -0.2) is 4.79 Å². The second kappa shape index (κ2) is 6.17. The molecule has 0 aliphatic heterocycles. The van der Waals surface area contributed by atoms with Crippen molar-refractivity contribution in [2.75, 3.05) is 0 Å². The van der Waals surface area contributed by atoms with Crippen LogP contribution >= 0.6 is 0 Å². The zero-order chi connectivity index (χ0) is 8.10. The second-order valence-electron chi connectivity index (χ2n) is 1.87. The van der Waals surface area contributed by atoms with E-state index in [0.717, 1.165) is 0 Å². The van der Waals surface area contributed by atoms with Crippen LogP contribution in [0.1, 0.15) is 13.2 Å². The molecular formula is C8H8CaO3. The summed E-state index contributed by atoms with van der Waals surface area (Å²) in [6, 6.07) is 8.32. The van der Waals surface area contributed by atoms with E-state index in [-0.39, 0.29) is 47.1 Å². The molecule has 1 aromatic rings. The van der Waals surface area contributed by atoms with E-state index in [1.807, 2.05) is 0 Å². The van der Waals surface area contributed by atoms with Crippen LogP contribution in [0.5, 0.6) is 0 Å². The van der Waals surface area contributed by atoms with Crippen molar-refractivity contribution < 1.29 is 17.2 Å². The maximum atomic E-state index is 10.8. The normalized spacial score (nSPS) is 8.00. The summed E-state index contributed by atoms with van der Waals surface area (Å²) in [7, 11) is 0. The van der Waals surface area contributed by atoms with Crippen molar-refractivity contribution in [2.24, 2.45) is 0 Å². The van der Waals surface area contributed by atoms with Gasteiger partial charge in [0, 0.05) is 0 Å². The Morgan fingerprint density at radius 3 is 2.42 bits per heavy atom. The van der Waals surface area contributed by atoms with Gasteiger partial charge >= 0.3 is 50.2 Å². The molecule has 12 heavy (non-hydrogen) atoms. The molecule has 0 amide bonds. The van der Waals surface area contributed by atoms with Crippen LogP contribution in [0.25, 0.3) is 0 Å². The van der Waals surface area contributed by atoms with E-state index >= 15 is 0 Å². The van der Waals surface area contributed by atoms with Gasteiger partial charge in [0.2, 0.25) is 0 Å². The molecule has 0 aliphatic carbocycles. The third-order valence-electron chi connectivity index (χ3n) is 1.16. The van der Waals surface area contributed by atoms with E-state index in [0.29, 0.717) is 5.56 Å². The maximum Gasteiger partial charge on any atom is 2.00 e. The van der Waals surface area contributed by atoms with Crippen molar-refractivity contribution in [1.82, 2.24) is 0 Å². The number of rotatable bonds is 2. The molecule has 0 unspecified atom stereocenters. The van der Waals surface area contributed by atoms with Crippen molar-refractivity contribution in [3.63, 3.8) is 0 Å². The van der Waals surface area contributed by atoms with Crippen LogP contribution in [-0.4, -0.2) is 50.2 Å². The summed E-state index contributed by atoms with van der Waals surface area (Å²) in [4.78, 5) is 20.5. The van der Waals surface area contributed by atoms with Crippen LogP contribution in [0.2, 0.25) is 0 Å². The first kappa shape index (κ1) is 11.6. The Morgan fingerprint density at radius 1 is 1.33 bits per heavy atom. The van der Waals surface area contributed by atoms with Crippen molar-refractivity contribution in [2.45, 2.75) is 0 Å². The fourth-order valence-corrected chi connectivity index (χ4v) is 0.686. The van der Waals surface area contributed by atoms with Crippen LogP contribution in [-0.2, 0) is 9.53 Å². The molecule has 0 saturated heterocycles. The largest absolute Gasteiger partial charge is 2.00 e. The minimum Gasteiger partial charge on any atom is -1.00 e. The van der Waals surface area contributed by atoms with Gasteiger partial charge < -0.3 is 7.59 Å². The minimum atomic E-state index is -0.624. The third-order valence-corrected chi connectivity index (χ3v) is 1.16. The Kier molecular flexibility index (Phi) is 5.98. The summed E-state index contributed by atoms with van der Waals surface area (Å²) in [5.41, 5.74) is 0.375. The molecule has 0 N–H and O–H groups in total. The standard InChI is InChI=1S/C8H6O3.Ca.2H/c9-6-11-8(10)7-4-2-1-3-5-7;;;/h1-6H;;;/q;+2;2*-1. The van der Waals surface area contributed by atoms with Gasteiger partial charge in [-0.3, -0.25) is 4.79 Å². The Bertz CT molecular complexity index is 267. The topological polar surface area (TPSA) is 43.4 Å². The number of esters is 1. The molecule has 4 heteroatoms. The molecule has 0 aromatic heterocycles. The Hall–Kier alpha value is -0.380. The molecule has 0 bridgehead atoms. The zero-order valence-electron chi connectivity index (χ0n) is 8.40. The SMILES string of the molecule is O=COC(=O)c1ccccc1.[Ca+2].[H-].[H-]. The molecule has 0 saturated carbocycles. The summed E-state index contributed by atoms with van der Waals surface area (Å²) in [6.07, 6.45) is 0. The fraction of sp³-hybridized carbons (Fsp3) is 0. The Morgan fingerprint density at radius 2 is 1.92 bits per heavy atom. The first-order valence-corrected chi connectivity index (χ1v) is 3.04. The first-order valence-electron chi connectivity index (χ1n) is 3.04. The molecular weight excluding hydrogens is 184 g/mol. The third kappa shape index (κ3) is 3.34. The molecule has 0 fully saturated rings. The van der Waals surface area contributed by atoms with Crippen molar-refractivity contribution in [3.8, 4) is 0 Å². The molecule has 0 aliphatic rings. The van der Waals surface area contributed by atoms with Crippen molar-refractivity contribution >= 4 is 50.2 Å². The minimum absolute atomic E-state index is 0. The monoisotopic (exact) mass is 192 g/mol. The summed E-state index contributed by atoms with van der Waals surface area (Å²) in [5, 5.41) is 0. The summed E-state index contributed by atoms with van der Waals surface area (Å²) in [6.45, 7) is 0.120. The number of hydrogen-bond donors (Lipinski definition) is 0. The molecule has 1 rings (SSSR count). The van der Waals surface area contributed by atoms with Gasteiger partial charge in [0.25, 0.3) is 0 Å². The Labute approximate surface area is 103 Å². The van der Waals surface area contributed by atoms with Gasteiger partial charge in [0.15, 0.2) is 0 Å². The molecule has 0 spiro atoms. The predicted octanol–water partition coefficient (Wildman–Crippen LogP) is 0.844. The molecule has 0 atom stereocenters. The van der Waals surface area contributed by atoms with E-state index in [2.05, 4.69) is 4.74 Å². The van der Waals surface area contributed by atoms with Crippen LogP contribution in [0.15, 0.2) is 30.3 Å². The van der Waals surface area contributed by atoms with E-state index in [4.69, 9.17) is 0 Å². The number of hydrogen-bond acceptors (Lipinski definition) is 3. The molecule has 60 valence electrons. The van der Waals surface area contributed by atoms with E-state index < -0.39 is 5.97 Å². The van der Waals surface area contributed by atoms with E-state index in [1.165, 1.54) is 0 Å². The molecule has 0 heterocycles. The molecule has 3 nitrogen and oxygen atoms in total. The predicted molar refractivity (Wildman–Crippen MR) is 45.9 cm³/mol. The second-order valence-corrected chi connectivity index (χ2v) is 1.87. The van der Waals surface area contributed by atoms with E-state index in [9.17, 15) is 9.59 Å². The molecule has 1 aromatic carbocycles. The fourth-order valence-electron chi connectivity index (χ4n) is 0.686. The molecule has 0 radical (unpaired) electrons. The number of carbonyl (C=O) groups excluding carboxylic acids is 2. The van der Waals surface area contributed by atoms with Gasteiger partial charge in [0.05, 0.1) is 5.56 Å². The van der Waals surface area contributed by atoms with Crippen LogP contribution in [0.3, 0.4) is 0 Å². The average molecular weight is 192 g/mol. The number of carbonyl (C=O) groups is 2. The summed E-state index contributed by atoms with van der Waals surface area (Å²) < 4.78 is 4.11. The number of ether oxygens (including phenoxy) is 1. The first-order chi connectivity index (χ1) is 5.34. The van der Waals surface area contributed by atoms with Gasteiger partial charge in [0.1, 0.15) is 0 Å². The van der Waals surface area contributed by atoms with Crippen LogP contribution in [0, 0.1) is 0 Å². The quantitative estimate of drug-likeness (QED) is 0.302. The summed E-state index contributed by atoms with van der Waals surface area (Å²) >= 11 is 0. The van der Waals surface area contributed by atoms with Gasteiger partial charge in [-0.15, -0.1) is 0 Å². The van der Waals surface area contributed by atoms with Crippen molar-refractivity contribution in [1.29, 1.82) is 0 Å². The Balaban J connectivity index is -0.000000403. The number of benzene rings is 1. The average Bonchev–Trinajstić information content (AvgIpc) is 2.07. The van der Waals surface area contributed by atoms with Crippen LogP contribution < -0.4 is 0 Å². The smallest absolute Gasteiger partial charge is 1.00 e. The van der Waals surface area contributed by atoms with Crippen molar-refractivity contribution in [3.05, 3.63) is 35.9 Å². The van der Waals surface area contributed by atoms with Crippen LogP contribution in [0.4, 0.5) is 0 Å². The van der Waals surface area contributed by atoms with E-state index in [1.54, 1.807) is 30.3 Å². The van der Waals surface area contributed by atoms with Gasteiger partial charge in [-0.05, 0) is 12.1 Å².